The van der Waals surface area contributed by atoms with Gasteiger partial charge in [0.25, 0.3) is 0 Å². The van der Waals surface area contributed by atoms with Crippen molar-refractivity contribution in [3.63, 3.8) is 0 Å². The number of nitriles is 3. The van der Waals surface area contributed by atoms with E-state index in [1.807, 2.05) is 6.07 Å². The number of thiol groups is 1. The second-order valence-corrected chi connectivity index (χ2v) is 19.7. The van der Waals surface area contributed by atoms with Gasteiger partial charge in [-0.15, -0.1) is 36.0 Å². The number of H-pyrrole nitrogens is 2. The van der Waals surface area contributed by atoms with E-state index in [2.05, 4.69) is 47.0 Å². The van der Waals surface area contributed by atoms with Crippen LogP contribution in [-0.2, 0) is 26.0 Å². The lowest BCUT2D eigenvalue weighted by atomic mass is 9.83. The highest BCUT2D eigenvalue weighted by Gasteiger charge is 2.25. The summed E-state index contributed by atoms with van der Waals surface area (Å²) in [7, 11) is 0. The molecule has 19 heteroatoms. The summed E-state index contributed by atoms with van der Waals surface area (Å²) in [6.45, 7) is 2.11. The van der Waals surface area contributed by atoms with Crippen LogP contribution in [0.3, 0.4) is 0 Å². The minimum absolute atomic E-state index is 0.0293. The van der Waals surface area contributed by atoms with E-state index >= 15 is 0 Å². The lowest BCUT2D eigenvalue weighted by Gasteiger charge is -2.23. The molecule has 6 N–H and O–H groups in total. The Morgan fingerprint density at radius 1 is 0.753 bits per heavy atom. The molecule has 3 aliphatic carbocycles. The summed E-state index contributed by atoms with van der Waals surface area (Å²) >= 11 is 15.4. The summed E-state index contributed by atoms with van der Waals surface area (Å²) in [5.41, 5.74) is 9.57. The number of carbonyl (C=O) groups is 4. The summed E-state index contributed by atoms with van der Waals surface area (Å²) in [5.74, 6) is -0.605. The number of alkyl halides is 1. The number of aromatic carboxylic acids is 2. The van der Waals surface area contributed by atoms with Gasteiger partial charge in [0.15, 0.2) is 0 Å². The van der Waals surface area contributed by atoms with Crippen molar-refractivity contribution in [1.82, 2.24) is 9.97 Å². The predicted molar refractivity (Wildman–Crippen MR) is 288 cm³/mol. The van der Waals surface area contributed by atoms with Gasteiger partial charge in [-0.3, -0.25) is 19.2 Å². The number of pyridine rings is 2. The number of aromatic amines is 2. The van der Waals surface area contributed by atoms with E-state index in [9.17, 15) is 34.0 Å². The zero-order valence-corrected chi connectivity index (χ0v) is 44.2. The van der Waals surface area contributed by atoms with Crippen LogP contribution in [0.4, 0.5) is 0 Å². The molecule has 3 fully saturated rings. The van der Waals surface area contributed by atoms with Crippen molar-refractivity contribution in [2.24, 2.45) is 11.7 Å². The van der Waals surface area contributed by atoms with Crippen molar-refractivity contribution in [2.75, 3.05) is 6.61 Å². The van der Waals surface area contributed by atoms with Crippen LogP contribution in [0.2, 0.25) is 0 Å². The van der Waals surface area contributed by atoms with Crippen LogP contribution in [0, 0.1) is 39.9 Å². The SMILES string of the molecule is CCOC(=O)CC(=O)C1CCCCC1.N#CCC(N)=S.N#Cc1c(C2CCCCC2)cc(=O)[nH]c1S.N#Cc1c(C2CCCCC2)cc(=O)[nH]c1SCc1cccc(C(=O)O)c1.O=C(O)c1cccc(CCl)c1. The number of benzene rings is 2. The third-order valence-electron chi connectivity index (χ3n) is 12.2. The minimum atomic E-state index is -0.970. The number of aromatic nitrogens is 2. The number of esters is 1. The van der Waals surface area contributed by atoms with Crippen LogP contribution in [0.15, 0.2) is 80.3 Å². The van der Waals surface area contributed by atoms with Gasteiger partial charge in [-0.05, 0) is 104 Å². The van der Waals surface area contributed by atoms with Crippen LogP contribution in [0.25, 0.3) is 0 Å². The second kappa shape index (κ2) is 33.5. The molecule has 2 aromatic heterocycles. The Balaban J connectivity index is 0.000000259. The van der Waals surface area contributed by atoms with Crippen molar-refractivity contribution >= 4 is 76.9 Å². The molecule has 388 valence electrons. The number of carbonyl (C=O) groups excluding carboxylic acids is 2. The third-order valence-corrected chi connectivity index (χ3v) is 14.1. The number of nitrogens with zero attached hydrogens (tertiary/aromatic N) is 3. The van der Waals surface area contributed by atoms with Gasteiger partial charge in [-0.25, -0.2) is 9.59 Å². The van der Waals surface area contributed by atoms with Gasteiger partial charge < -0.3 is 30.7 Å². The summed E-state index contributed by atoms with van der Waals surface area (Å²) in [6, 6.07) is 22.6. The van der Waals surface area contributed by atoms with Crippen molar-refractivity contribution in [1.29, 1.82) is 15.8 Å². The highest BCUT2D eigenvalue weighted by molar-refractivity contribution is 7.98. The first-order chi connectivity index (χ1) is 35.0. The van der Waals surface area contributed by atoms with E-state index < -0.39 is 11.9 Å². The van der Waals surface area contributed by atoms with Gasteiger partial charge in [0.1, 0.15) is 24.3 Å². The Labute approximate surface area is 446 Å². The van der Waals surface area contributed by atoms with E-state index in [0.29, 0.717) is 45.3 Å². The molecule has 0 atom stereocenters. The van der Waals surface area contributed by atoms with E-state index in [0.717, 1.165) is 86.5 Å². The molecule has 0 amide bonds. The molecule has 3 aliphatic rings. The van der Waals surface area contributed by atoms with Crippen LogP contribution in [-0.4, -0.2) is 55.5 Å². The van der Waals surface area contributed by atoms with Gasteiger partial charge in [0.2, 0.25) is 11.1 Å². The fourth-order valence-corrected chi connectivity index (χ4v) is 10.2. The first-order valence-corrected chi connectivity index (χ1v) is 26.6. The number of ketones is 1. The van der Waals surface area contributed by atoms with Crippen molar-refractivity contribution in [3.05, 3.63) is 126 Å². The number of thiocarbonyl (C=S) groups is 1. The highest BCUT2D eigenvalue weighted by Crippen LogP contribution is 2.37. The molecule has 0 unspecified atom stereocenters. The maximum Gasteiger partial charge on any atom is 0.335 e. The predicted octanol–water partition coefficient (Wildman–Crippen LogP) is 11.3. The number of halogens is 1. The molecule has 0 radical (unpaired) electrons. The largest absolute Gasteiger partial charge is 0.478 e. The molecular weight excluding hydrogens is 1010 g/mol. The number of thioether (sulfide) groups is 1. The Morgan fingerprint density at radius 2 is 1.23 bits per heavy atom. The summed E-state index contributed by atoms with van der Waals surface area (Å²) in [4.78, 5) is 73.3. The number of ether oxygens (including phenoxy) is 1. The van der Waals surface area contributed by atoms with Crippen LogP contribution < -0.4 is 16.9 Å². The zero-order valence-electron chi connectivity index (χ0n) is 41.0. The van der Waals surface area contributed by atoms with Crippen LogP contribution in [0.5, 0.6) is 0 Å². The number of nitrogens with two attached hydrogens (primary N) is 1. The maximum absolute atomic E-state index is 12.1. The van der Waals surface area contributed by atoms with Crippen molar-refractivity contribution in [3.8, 4) is 18.2 Å². The highest BCUT2D eigenvalue weighted by atomic mass is 35.5. The van der Waals surface area contributed by atoms with E-state index in [4.69, 9.17) is 42.8 Å². The van der Waals surface area contributed by atoms with Gasteiger partial charge in [-0.1, -0.05) is 94.3 Å². The topological polar surface area (TPSA) is 281 Å². The number of hydrogen-bond acceptors (Lipinski definition) is 13. The average Bonchev–Trinajstić information content (AvgIpc) is 3.39. The van der Waals surface area contributed by atoms with E-state index in [1.165, 1.54) is 43.9 Å². The molecule has 73 heavy (non-hydrogen) atoms. The second-order valence-electron chi connectivity index (χ2n) is 17.5. The zero-order chi connectivity index (χ0) is 53.7. The molecule has 2 aromatic carbocycles. The Kier molecular flexibility index (Phi) is 28.0. The number of carboxylic acids is 2. The molecule has 3 saturated carbocycles. The smallest absolute Gasteiger partial charge is 0.335 e. The molecular formula is C54H63ClN6O9S3. The summed E-state index contributed by atoms with van der Waals surface area (Å²) < 4.78 is 4.74. The minimum Gasteiger partial charge on any atom is -0.478 e. The maximum atomic E-state index is 12.1. The van der Waals surface area contributed by atoms with Crippen molar-refractivity contribution in [2.45, 2.75) is 150 Å². The Morgan fingerprint density at radius 3 is 1.68 bits per heavy atom. The normalized spacial score (nSPS) is 14.4. The first kappa shape index (κ1) is 61.1. The van der Waals surface area contributed by atoms with Crippen LogP contribution >= 0.6 is 48.2 Å². The lowest BCUT2D eigenvalue weighted by molar-refractivity contribution is -0.146. The molecule has 0 saturated heterocycles. The number of nitrogens with one attached hydrogen (secondary N) is 2. The van der Waals surface area contributed by atoms with E-state index in [-0.39, 0.29) is 63.7 Å². The molecule has 0 aliphatic heterocycles. The fraction of sp³-hybridized carbons (Fsp3) is 0.444. The molecule has 2 heterocycles. The monoisotopic (exact) mass is 1070 g/mol. The van der Waals surface area contributed by atoms with Gasteiger partial charge in [0, 0.05) is 29.7 Å². The van der Waals surface area contributed by atoms with Gasteiger partial charge >= 0.3 is 17.9 Å². The molecule has 0 spiro atoms. The number of carboxylic acid groups (broad SMARTS) is 2. The number of hydrogen-bond donors (Lipinski definition) is 6. The third kappa shape index (κ3) is 21.8. The molecule has 4 aromatic rings. The van der Waals surface area contributed by atoms with Gasteiger partial charge in [0.05, 0.1) is 56.4 Å². The first-order valence-electron chi connectivity index (χ1n) is 24.3. The summed E-state index contributed by atoms with van der Waals surface area (Å²) in [6.07, 6.45) is 16.8. The quantitative estimate of drug-likeness (QED) is 0.0181. The molecule has 15 nitrogen and oxygen atoms in total. The average molecular weight is 1070 g/mol. The summed E-state index contributed by atoms with van der Waals surface area (Å²) in [5, 5.41) is 45.2. The fourth-order valence-electron chi connectivity index (χ4n) is 8.67. The van der Waals surface area contributed by atoms with Crippen LogP contribution in [0.1, 0.15) is 182 Å². The Hall–Kier alpha value is -6.23. The standard InChI is InChI=1S/C20H20N2O3S.C12H14N2OS.C11H18O3.C8H7ClO2.C3H4N2S/c21-11-17-16(14-6-2-1-3-7-14)10-18(23)22-19(17)26-12-13-5-4-8-15(9-13)20(24)25;13-7-10-9(6-11(15)14-12(10)16)8-4-2-1-3-5-8;1-2-14-11(13)8-10(12)9-6-4-3-5-7-9;9-5-6-2-1-3-7(4-6)8(10)11;4-2-1-3(5)6/h4-5,8-10,14H,1-3,6-7,12H2,(H,22,23)(H,24,25);6,8H,1-5H2,(H2,14,15,16);9H,2-8H2,1H3;1-4H,5H2,(H,10,11);1H2,(H2,5,6). The van der Waals surface area contributed by atoms with Gasteiger partial charge in [-0.2, -0.15) is 15.8 Å². The van der Waals surface area contributed by atoms with Crippen molar-refractivity contribution < 1.29 is 34.1 Å². The van der Waals surface area contributed by atoms with E-state index in [1.54, 1.807) is 67.6 Å². The molecule has 7 rings (SSSR count). The number of Topliss-reactive ketones (excluding diaryl/α,β-unsaturated/α-hetero) is 1. The molecule has 0 bridgehead atoms. The lowest BCUT2D eigenvalue weighted by Crippen LogP contribution is -2.21. The number of rotatable bonds is 13. The Bertz CT molecular complexity index is 2740.